The summed E-state index contributed by atoms with van der Waals surface area (Å²) in [4.78, 5) is 42.1. The summed E-state index contributed by atoms with van der Waals surface area (Å²) in [7, 11) is -3.46. The molecule has 0 saturated heterocycles. The number of rotatable bonds is 3. The number of carbonyl (C=O) groups excluding carboxylic acids is 3. The first-order valence-corrected chi connectivity index (χ1v) is 10.6. The van der Waals surface area contributed by atoms with Crippen molar-refractivity contribution in [2.24, 2.45) is 0 Å². The minimum absolute atomic E-state index is 0.0207. The van der Waals surface area contributed by atoms with Gasteiger partial charge in [0.05, 0.1) is 41.7 Å². The zero-order valence-electron chi connectivity index (χ0n) is 13.6. The van der Waals surface area contributed by atoms with Gasteiger partial charge in [-0.1, -0.05) is 51.5 Å². The van der Waals surface area contributed by atoms with Crippen molar-refractivity contribution in [3.63, 3.8) is 0 Å². The number of hydroxylamine groups is 2. The average molecular weight is 483 g/mol. The van der Waals surface area contributed by atoms with Crippen molar-refractivity contribution in [1.82, 2.24) is 5.06 Å². The largest absolute Gasteiger partial charge is 0.363 e. The standard InChI is InChI=1S/C16H7Cl4NO6S/c1-28(25,26)7-4-2-6(3-5-7)16(24)27-21-14(22)8-9(15(21)23)11(18)13(20)12(19)10(8)17/h2-5H,1H3. The van der Waals surface area contributed by atoms with Gasteiger partial charge in [-0.15, -0.1) is 0 Å². The molecule has 1 heterocycles. The van der Waals surface area contributed by atoms with Crippen molar-refractivity contribution in [2.45, 2.75) is 4.90 Å². The van der Waals surface area contributed by atoms with Crippen molar-refractivity contribution >= 4 is 74.0 Å². The third-order valence-corrected chi connectivity index (χ3v) is 6.69. The first-order valence-electron chi connectivity index (χ1n) is 7.22. The van der Waals surface area contributed by atoms with Crippen LogP contribution in [-0.4, -0.2) is 37.5 Å². The quantitative estimate of drug-likeness (QED) is 0.371. The number of nitrogens with zero attached hydrogens (tertiary/aromatic N) is 1. The Morgan fingerprint density at radius 2 is 1.29 bits per heavy atom. The number of imide groups is 1. The van der Waals surface area contributed by atoms with Gasteiger partial charge in [-0.3, -0.25) is 9.59 Å². The van der Waals surface area contributed by atoms with E-state index in [2.05, 4.69) is 0 Å². The Kier molecular flexibility index (Phi) is 5.37. The van der Waals surface area contributed by atoms with E-state index in [1.54, 1.807) is 0 Å². The summed E-state index contributed by atoms with van der Waals surface area (Å²) in [5.74, 6) is -3.18. The number of hydrogen-bond donors (Lipinski definition) is 0. The van der Waals surface area contributed by atoms with Crippen LogP contribution in [0.15, 0.2) is 29.2 Å². The fourth-order valence-electron chi connectivity index (χ4n) is 2.39. The molecule has 0 unspecified atom stereocenters. The van der Waals surface area contributed by atoms with E-state index < -0.39 is 27.6 Å². The van der Waals surface area contributed by atoms with Crippen molar-refractivity contribution in [3.8, 4) is 0 Å². The van der Waals surface area contributed by atoms with Crippen molar-refractivity contribution in [1.29, 1.82) is 0 Å². The molecule has 0 atom stereocenters. The lowest BCUT2D eigenvalue weighted by Crippen LogP contribution is -2.32. The third-order valence-electron chi connectivity index (χ3n) is 3.76. The smallest absolute Gasteiger partial charge is 0.324 e. The molecule has 2 aromatic rings. The second kappa shape index (κ2) is 7.20. The van der Waals surface area contributed by atoms with Crippen LogP contribution in [0.25, 0.3) is 0 Å². The number of hydrogen-bond acceptors (Lipinski definition) is 6. The third kappa shape index (κ3) is 3.35. The summed E-state index contributed by atoms with van der Waals surface area (Å²) >= 11 is 23.8. The summed E-state index contributed by atoms with van der Waals surface area (Å²) in [5, 5.41) is -0.876. The maximum absolute atomic E-state index is 12.5. The topological polar surface area (TPSA) is 97.8 Å². The first kappa shape index (κ1) is 20.9. The van der Waals surface area contributed by atoms with Crippen LogP contribution in [0.2, 0.25) is 20.1 Å². The Hall–Kier alpha value is -1.84. The van der Waals surface area contributed by atoms with Crippen LogP contribution in [0.4, 0.5) is 0 Å². The normalized spacial score (nSPS) is 13.7. The minimum atomic E-state index is -3.46. The molecule has 0 saturated carbocycles. The zero-order valence-corrected chi connectivity index (χ0v) is 17.5. The molecule has 3 rings (SSSR count). The highest BCUT2D eigenvalue weighted by Crippen LogP contribution is 2.44. The van der Waals surface area contributed by atoms with Gasteiger partial charge in [-0.25, -0.2) is 13.2 Å². The van der Waals surface area contributed by atoms with Crippen LogP contribution in [0, 0.1) is 0 Å². The lowest BCUT2D eigenvalue weighted by molar-refractivity contribution is -0.0584. The van der Waals surface area contributed by atoms with Gasteiger partial charge >= 0.3 is 5.97 Å². The number of halogens is 4. The van der Waals surface area contributed by atoms with Crippen LogP contribution in [-0.2, 0) is 14.7 Å². The summed E-state index contributed by atoms with van der Waals surface area (Å²) in [5.41, 5.74) is -0.783. The Morgan fingerprint density at radius 1 is 0.857 bits per heavy atom. The molecule has 7 nitrogen and oxygen atoms in total. The summed E-state index contributed by atoms with van der Waals surface area (Å²) in [6.07, 6.45) is 1.00. The molecular weight excluding hydrogens is 476 g/mol. The van der Waals surface area contributed by atoms with Gasteiger partial charge in [-0.05, 0) is 24.3 Å². The average Bonchev–Trinajstić information content (AvgIpc) is 2.88. The maximum Gasteiger partial charge on any atom is 0.363 e. The number of carbonyl (C=O) groups is 3. The molecule has 0 aliphatic carbocycles. The van der Waals surface area contributed by atoms with E-state index >= 15 is 0 Å². The van der Waals surface area contributed by atoms with Crippen LogP contribution in [0.1, 0.15) is 31.1 Å². The Morgan fingerprint density at radius 3 is 1.68 bits per heavy atom. The van der Waals surface area contributed by atoms with Gasteiger partial charge < -0.3 is 4.84 Å². The molecule has 0 N–H and O–H groups in total. The molecule has 0 aromatic heterocycles. The van der Waals surface area contributed by atoms with E-state index in [9.17, 15) is 22.8 Å². The van der Waals surface area contributed by atoms with E-state index in [4.69, 9.17) is 51.2 Å². The predicted molar refractivity (Wildman–Crippen MR) is 102 cm³/mol. The van der Waals surface area contributed by atoms with Crippen LogP contribution in [0.3, 0.4) is 0 Å². The van der Waals surface area contributed by atoms with Crippen LogP contribution < -0.4 is 0 Å². The molecule has 0 spiro atoms. The highest BCUT2D eigenvalue weighted by molar-refractivity contribution is 7.90. The predicted octanol–water partition coefficient (Wildman–Crippen LogP) is 4.07. The van der Waals surface area contributed by atoms with Gasteiger partial charge in [0.25, 0.3) is 11.8 Å². The van der Waals surface area contributed by atoms with Crippen LogP contribution >= 0.6 is 46.4 Å². The van der Waals surface area contributed by atoms with E-state index in [-0.39, 0.29) is 46.7 Å². The molecule has 2 aromatic carbocycles. The first-order chi connectivity index (χ1) is 12.9. The zero-order chi connectivity index (χ0) is 21.0. The SMILES string of the molecule is CS(=O)(=O)c1ccc(C(=O)ON2C(=O)c3c(Cl)c(Cl)c(Cl)c(Cl)c3C2=O)cc1. The molecule has 146 valence electrons. The van der Waals surface area contributed by atoms with E-state index in [1.165, 1.54) is 24.3 Å². The molecule has 0 bridgehead atoms. The highest BCUT2D eigenvalue weighted by Gasteiger charge is 2.44. The Bertz CT molecular complexity index is 1110. The molecular formula is C16H7Cl4NO6S. The summed E-state index contributed by atoms with van der Waals surface area (Å²) in [6, 6.07) is 4.71. The Labute approximate surface area is 178 Å². The highest BCUT2D eigenvalue weighted by atomic mass is 35.5. The molecule has 2 amide bonds. The summed E-state index contributed by atoms with van der Waals surface area (Å²) in [6.45, 7) is 0. The molecule has 1 aliphatic heterocycles. The number of amides is 2. The fourth-order valence-corrected chi connectivity index (χ4v) is 4.03. The van der Waals surface area contributed by atoms with Gasteiger partial charge in [0, 0.05) is 6.26 Å². The van der Waals surface area contributed by atoms with Gasteiger partial charge in [0.15, 0.2) is 9.84 Å². The summed E-state index contributed by atoms with van der Waals surface area (Å²) < 4.78 is 22.9. The van der Waals surface area contributed by atoms with Gasteiger partial charge in [-0.2, -0.15) is 0 Å². The Balaban J connectivity index is 1.93. The molecule has 0 fully saturated rings. The molecule has 12 heteroatoms. The molecule has 1 aliphatic rings. The molecule has 28 heavy (non-hydrogen) atoms. The van der Waals surface area contributed by atoms with Crippen molar-refractivity contribution in [3.05, 3.63) is 61.0 Å². The lowest BCUT2D eigenvalue weighted by atomic mass is 10.1. The van der Waals surface area contributed by atoms with E-state index in [0.717, 1.165) is 6.26 Å². The van der Waals surface area contributed by atoms with Crippen molar-refractivity contribution in [2.75, 3.05) is 6.26 Å². The number of benzene rings is 2. The van der Waals surface area contributed by atoms with Gasteiger partial charge in [0.2, 0.25) is 0 Å². The van der Waals surface area contributed by atoms with Crippen LogP contribution in [0.5, 0.6) is 0 Å². The monoisotopic (exact) mass is 481 g/mol. The number of fused-ring (bicyclic) bond motifs is 1. The molecule has 0 radical (unpaired) electrons. The van der Waals surface area contributed by atoms with Crippen molar-refractivity contribution < 1.29 is 27.6 Å². The van der Waals surface area contributed by atoms with Gasteiger partial charge in [0.1, 0.15) is 0 Å². The maximum atomic E-state index is 12.5. The van der Waals surface area contributed by atoms with E-state index in [1.807, 2.05) is 0 Å². The lowest BCUT2D eigenvalue weighted by Gasteiger charge is -2.12. The van der Waals surface area contributed by atoms with E-state index in [0.29, 0.717) is 0 Å². The fraction of sp³-hybridized carbons (Fsp3) is 0.0625. The second-order valence-corrected chi connectivity index (χ2v) is 9.11. The second-order valence-electron chi connectivity index (χ2n) is 5.59. The minimum Gasteiger partial charge on any atom is -0.324 e. The number of sulfone groups is 1.